The molecule has 0 radical (unpaired) electrons. The lowest BCUT2D eigenvalue weighted by Crippen LogP contribution is -2.48. The van der Waals surface area contributed by atoms with Crippen LogP contribution in [0.3, 0.4) is 0 Å². The summed E-state index contributed by atoms with van der Waals surface area (Å²) in [5, 5.41) is 1.11. The smallest absolute Gasteiger partial charge is 0.227 e. The van der Waals surface area contributed by atoms with E-state index in [9.17, 15) is 9.59 Å². The molecule has 1 aromatic heterocycles. The average Bonchev–Trinajstić information content (AvgIpc) is 2.89. The molecule has 2 amide bonds. The summed E-state index contributed by atoms with van der Waals surface area (Å²) in [4.78, 5) is 29.8. The first kappa shape index (κ1) is 13.7. The highest BCUT2D eigenvalue weighted by molar-refractivity contribution is 5.89. The molecule has 1 aliphatic heterocycles. The van der Waals surface area contributed by atoms with Gasteiger partial charge in [0.25, 0.3) is 0 Å². The van der Waals surface area contributed by atoms with E-state index in [4.69, 9.17) is 0 Å². The second-order valence-corrected chi connectivity index (χ2v) is 5.56. The van der Waals surface area contributed by atoms with Gasteiger partial charge in [0.1, 0.15) is 0 Å². The van der Waals surface area contributed by atoms with Crippen molar-refractivity contribution in [3.8, 4) is 0 Å². The fraction of sp³-hybridized carbons (Fsp3) is 0.375. The number of carbonyl (C=O) groups excluding carboxylic acids is 2. The highest BCUT2D eigenvalue weighted by Crippen LogP contribution is 2.20. The Bertz CT molecular complexity index is 669. The number of nitrogens with zero attached hydrogens (tertiary/aromatic N) is 2. The molecule has 3 rings (SSSR count). The van der Waals surface area contributed by atoms with Gasteiger partial charge in [0.2, 0.25) is 12.3 Å². The topological polar surface area (TPSA) is 56.4 Å². The Kier molecular flexibility index (Phi) is 3.64. The van der Waals surface area contributed by atoms with Crippen LogP contribution in [0.1, 0.15) is 11.1 Å². The largest absolute Gasteiger partial charge is 0.361 e. The predicted molar refractivity (Wildman–Crippen MR) is 81.0 cm³/mol. The Morgan fingerprint density at radius 2 is 2.05 bits per heavy atom. The van der Waals surface area contributed by atoms with Gasteiger partial charge in [0, 0.05) is 43.3 Å². The zero-order chi connectivity index (χ0) is 14.8. The monoisotopic (exact) mass is 285 g/mol. The number of nitrogens with one attached hydrogen (secondary N) is 1. The number of carbonyl (C=O) groups is 2. The van der Waals surface area contributed by atoms with Crippen molar-refractivity contribution in [1.29, 1.82) is 0 Å². The Morgan fingerprint density at radius 3 is 2.76 bits per heavy atom. The van der Waals surface area contributed by atoms with Crippen molar-refractivity contribution in [2.24, 2.45) is 0 Å². The van der Waals surface area contributed by atoms with Gasteiger partial charge >= 0.3 is 0 Å². The third-order valence-electron chi connectivity index (χ3n) is 4.08. The molecule has 1 fully saturated rings. The maximum absolute atomic E-state index is 12.4. The fourth-order valence-electron chi connectivity index (χ4n) is 2.80. The summed E-state index contributed by atoms with van der Waals surface area (Å²) in [5.41, 5.74) is 3.31. The molecule has 1 saturated heterocycles. The lowest BCUT2D eigenvalue weighted by atomic mass is 10.1. The molecule has 110 valence electrons. The number of amides is 2. The van der Waals surface area contributed by atoms with Crippen LogP contribution in [0.25, 0.3) is 10.9 Å². The first-order valence-electron chi connectivity index (χ1n) is 7.21. The minimum atomic E-state index is 0.127. The van der Waals surface area contributed by atoms with Crippen LogP contribution in [0.2, 0.25) is 0 Å². The zero-order valence-electron chi connectivity index (χ0n) is 12.1. The normalized spacial score (nSPS) is 15.5. The van der Waals surface area contributed by atoms with Crippen molar-refractivity contribution in [2.75, 3.05) is 26.2 Å². The fourth-order valence-corrected chi connectivity index (χ4v) is 2.80. The molecule has 1 N–H and O–H groups in total. The third kappa shape index (κ3) is 2.77. The number of benzene rings is 1. The van der Waals surface area contributed by atoms with Crippen molar-refractivity contribution in [2.45, 2.75) is 13.3 Å². The first-order chi connectivity index (χ1) is 10.2. The highest BCUT2D eigenvalue weighted by Gasteiger charge is 2.21. The number of hydrogen-bond donors (Lipinski definition) is 1. The molecule has 5 nitrogen and oxygen atoms in total. The van der Waals surface area contributed by atoms with E-state index in [-0.39, 0.29) is 5.91 Å². The van der Waals surface area contributed by atoms with E-state index in [2.05, 4.69) is 30.1 Å². The van der Waals surface area contributed by atoms with Gasteiger partial charge in [-0.2, -0.15) is 0 Å². The maximum atomic E-state index is 12.4. The standard InChI is InChI=1S/C16H19N3O2/c1-12-2-3-14-13(10-17-15(14)8-12)9-16(21)19-6-4-18(11-20)5-7-19/h2-3,8,10-11,17H,4-7,9H2,1H3. The van der Waals surface area contributed by atoms with E-state index in [1.165, 1.54) is 5.56 Å². The number of fused-ring (bicyclic) bond motifs is 1. The first-order valence-corrected chi connectivity index (χ1v) is 7.21. The van der Waals surface area contributed by atoms with Gasteiger partial charge in [0.15, 0.2) is 0 Å². The number of aromatic nitrogens is 1. The van der Waals surface area contributed by atoms with E-state index in [1.54, 1.807) is 4.90 Å². The Balaban J connectivity index is 1.70. The summed E-state index contributed by atoms with van der Waals surface area (Å²) >= 11 is 0. The Hall–Kier alpha value is -2.30. The van der Waals surface area contributed by atoms with Gasteiger partial charge in [-0.25, -0.2) is 0 Å². The second kappa shape index (κ2) is 5.60. The molecule has 0 atom stereocenters. The molecule has 0 unspecified atom stereocenters. The number of H-pyrrole nitrogens is 1. The van der Waals surface area contributed by atoms with E-state index in [1.807, 2.05) is 11.1 Å². The number of piperazine rings is 1. The molecular weight excluding hydrogens is 266 g/mol. The van der Waals surface area contributed by atoms with Crippen LogP contribution in [0.4, 0.5) is 0 Å². The van der Waals surface area contributed by atoms with Crippen molar-refractivity contribution >= 4 is 23.2 Å². The zero-order valence-corrected chi connectivity index (χ0v) is 12.1. The number of rotatable bonds is 3. The minimum Gasteiger partial charge on any atom is -0.361 e. The summed E-state index contributed by atoms with van der Waals surface area (Å²) in [7, 11) is 0. The Labute approximate surface area is 123 Å². The van der Waals surface area contributed by atoms with Crippen LogP contribution < -0.4 is 0 Å². The van der Waals surface area contributed by atoms with Crippen molar-refractivity contribution in [3.05, 3.63) is 35.5 Å². The van der Waals surface area contributed by atoms with Crippen molar-refractivity contribution in [1.82, 2.24) is 14.8 Å². The lowest BCUT2D eigenvalue weighted by Gasteiger charge is -2.32. The number of aromatic amines is 1. The van der Waals surface area contributed by atoms with Crippen LogP contribution in [0.15, 0.2) is 24.4 Å². The van der Waals surface area contributed by atoms with Crippen LogP contribution in [0.5, 0.6) is 0 Å². The van der Waals surface area contributed by atoms with Crippen LogP contribution in [0, 0.1) is 6.92 Å². The summed E-state index contributed by atoms with van der Waals surface area (Å²) in [5.74, 6) is 0.127. The molecule has 0 spiro atoms. The van der Waals surface area contributed by atoms with Crippen LogP contribution >= 0.6 is 0 Å². The van der Waals surface area contributed by atoms with Gasteiger partial charge in [-0.3, -0.25) is 9.59 Å². The predicted octanol–water partition coefficient (Wildman–Crippen LogP) is 1.32. The average molecular weight is 285 g/mol. The van der Waals surface area contributed by atoms with E-state index in [0.29, 0.717) is 32.6 Å². The van der Waals surface area contributed by atoms with E-state index in [0.717, 1.165) is 22.9 Å². The molecule has 2 heterocycles. The summed E-state index contributed by atoms with van der Waals surface area (Å²) in [6.07, 6.45) is 3.18. The molecule has 1 aromatic carbocycles. The van der Waals surface area contributed by atoms with Crippen molar-refractivity contribution in [3.63, 3.8) is 0 Å². The van der Waals surface area contributed by atoms with Gasteiger partial charge in [-0.1, -0.05) is 12.1 Å². The molecule has 2 aromatic rings. The summed E-state index contributed by atoms with van der Waals surface area (Å²) in [6.45, 7) is 4.56. The van der Waals surface area contributed by atoms with E-state index >= 15 is 0 Å². The lowest BCUT2D eigenvalue weighted by molar-refractivity contribution is -0.134. The maximum Gasteiger partial charge on any atom is 0.227 e. The van der Waals surface area contributed by atoms with Crippen molar-refractivity contribution < 1.29 is 9.59 Å². The molecular formula is C16H19N3O2. The highest BCUT2D eigenvalue weighted by atomic mass is 16.2. The molecule has 5 heteroatoms. The van der Waals surface area contributed by atoms with E-state index < -0.39 is 0 Å². The molecule has 21 heavy (non-hydrogen) atoms. The van der Waals surface area contributed by atoms with Gasteiger partial charge in [0.05, 0.1) is 6.42 Å². The van der Waals surface area contributed by atoms with Gasteiger partial charge in [-0.05, 0) is 24.1 Å². The minimum absolute atomic E-state index is 0.127. The van der Waals surface area contributed by atoms with Crippen LogP contribution in [-0.4, -0.2) is 53.3 Å². The number of hydrogen-bond acceptors (Lipinski definition) is 2. The molecule has 0 saturated carbocycles. The Morgan fingerprint density at radius 1 is 1.29 bits per heavy atom. The summed E-state index contributed by atoms with van der Waals surface area (Å²) in [6, 6.07) is 6.22. The van der Waals surface area contributed by atoms with Gasteiger partial charge < -0.3 is 14.8 Å². The van der Waals surface area contributed by atoms with Gasteiger partial charge in [-0.15, -0.1) is 0 Å². The SMILES string of the molecule is Cc1ccc2c(CC(=O)N3CCN(C=O)CC3)c[nH]c2c1. The van der Waals surface area contributed by atoms with Crippen LogP contribution in [-0.2, 0) is 16.0 Å². The summed E-state index contributed by atoms with van der Waals surface area (Å²) < 4.78 is 0. The molecule has 0 aliphatic carbocycles. The molecule has 0 bridgehead atoms. The quantitative estimate of drug-likeness (QED) is 0.865. The third-order valence-corrected chi connectivity index (χ3v) is 4.08. The molecule has 1 aliphatic rings. The number of aryl methyl sites for hydroxylation is 1. The second-order valence-electron chi connectivity index (χ2n) is 5.56.